The first-order valence-corrected chi connectivity index (χ1v) is 7.41. The van der Waals surface area contributed by atoms with E-state index in [4.69, 9.17) is 6.42 Å². The molecule has 1 aliphatic carbocycles. The Hall–Kier alpha value is -2.33. The number of carbonyl (C=O) groups is 1. The Morgan fingerprint density at radius 1 is 1.05 bits per heavy atom. The Balaban J connectivity index is 2.36. The van der Waals surface area contributed by atoms with Gasteiger partial charge < -0.3 is 0 Å². The van der Waals surface area contributed by atoms with Crippen LogP contribution < -0.4 is 0 Å². The first-order valence-electron chi connectivity index (χ1n) is 7.41. The molecule has 0 aromatic heterocycles. The zero-order valence-electron chi connectivity index (χ0n) is 12.4. The van der Waals surface area contributed by atoms with Crippen LogP contribution in [0.5, 0.6) is 0 Å². The molecule has 0 saturated carbocycles. The number of terminal acetylenes is 1. The maximum atomic E-state index is 11.1. The van der Waals surface area contributed by atoms with Crippen LogP contribution in [0.25, 0.3) is 11.1 Å². The molecule has 1 heteroatoms. The van der Waals surface area contributed by atoms with E-state index in [2.05, 4.69) is 38.0 Å². The van der Waals surface area contributed by atoms with Gasteiger partial charge in [0.15, 0.2) is 0 Å². The summed E-state index contributed by atoms with van der Waals surface area (Å²) in [7, 11) is 0. The molecule has 1 aliphatic rings. The zero-order valence-corrected chi connectivity index (χ0v) is 12.4. The van der Waals surface area contributed by atoms with Crippen LogP contribution in [0.1, 0.15) is 53.7 Å². The van der Waals surface area contributed by atoms with E-state index in [9.17, 15) is 4.79 Å². The number of hydrogen-bond acceptors (Lipinski definition) is 1. The van der Waals surface area contributed by atoms with Crippen molar-refractivity contribution in [3.05, 3.63) is 58.7 Å². The molecule has 2 aromatic rings. The molecule has 0 heterocycles. The minimum absolute atomic E-state index is 0.0312. The van der Waals surface area contributed by atoms with Crippen LogP contribution in [0, 0.1) is 12.3 Å². The van der Waals surface area contributed by atoms with Gasteiger partial charge in [0.1, 0.15) is 6.29 Å². The molecule has 0 amide bonds. The minimum Gasteiger partial charge on any atom is -0.298 e. The molecular formula is C20H18O. The van der Waals surface area contributed by atoms with Gasteiger partial charge in [-0.05, 0) is 53.3 Å². The van der Waals surface area contributed by atoms with Gasteiger partial charge in [-0.2, -0.15) is 0 Å². The Bertz CT molecular complexity index is 758. The van der Waals surface area contributed by atoms with Gasteiger partial charge in [0.25, 0.3) is 0 Å². The Kier molecular flexibility index (Phi) is 3.18. The van der Waals surface area contributed by atoms with E-state index in [1.54, 1.807) is 0 Å². The van der Waals surface area contributed by atoms with Gasteiger partial charge in [-0.25, -0.2) is 0 Å². The minimum atomic E-state index is -0.0312. The third-order valence-electron chi connectivity index (χ3n) is 4.89. The highest BCUT2D eigenvalue weighted by molar-refractivity contribution is 5.85. The number of benzene rings is 2. The Morgan fingerprint density at radius 2 is 1.67 bits per heavy atom. The summed E-state index contributed by atoms with van der Waals surface area (Å²) in [6.07, 6.45) is 8.49. The summed E-state index contributed by atoms with van der Waals surface area (Å²) >= 11 is 0. The average molecular weight is 274 g/mol. The first-order chi connectivity index (χ1) is 10.2. The van der Waals surface area contributed by atoms with Crippen molar-refractivity contribution in [2.75, 3.05) is 0 Å². The lowest BCUT2D eigenvalue weighted by Gasteiger charge is -2.29. The van der Waals surface area contributed by atoms with Crippen molar-refractivity contribution in [2.45, 2.75) is 32.1 Å². The maximum absolute atomic E-state index is 11.1. The third kappa shape index (κ3) is 1.76. The highest BCUT2D eigenvalue weighted by Gasteiger charge is 2.40. The lowest BCUT2D eigenvalue weighted by Crippen LogP contribution is -2.23. The van der Waals surface area contributed by atoms with Crippen molar-refractivity contribution < 1.29 is 4.79 Å². The molecule has 0 unspecified atom stereocenters. The molecule has 21 heavy (non-hydrogen) atoms. The molecule has 0 atom stereocenters. The maximum Gasteiger partial charge on any atom is 0.150 e. The molecule has 0 spiro atoms. The largest absolute Gasteiger partial charge is 0.298 e. The molecule has 0 radical (unpaired) electrons. The highest BCUT2D eigenvalue weighted by atomic mass is 16.1. The van der Waals surface area contributed by atoms with Crippen LogP contribution in [0.15, 0.2) is 36.4 Å². The summed E-state index contributed by atoms with van der Waals surface area (Å²) in [5.74, 6) is 2.74. The normalized spacial score (nSPS) is 14.1. The number of rotatable bonds is 3. The first kappa shape index (κ1) is 13.6. The van der Waals surface area contributed by atoms with E-state index in [-0.39, 0.29) is 5.41 Å². The molecule has 0 fully saturated rings. The molecule has 0 aliphatic heterocycles. The summed E-state index contributed by atoms with van der Waals surface area (Å²) in [6.45, 7) is 4.41. The molecule has 0 bridgehead atoms. The second kappa shape index (κ2) is 4.90. The van der Waals surface area contributed by atoms with E-state index in [1.165, 1.54) is 22.3 Å². The number of fused-ring (bicyclic) bond motifs is 3. The van der Waals surface area contributed by atoms with Crippen molar-refractivity contribution in [2.24, 2.45) is 0 Å². The fourth-order valence-electron chi connectivity index (χ4n) is 3.69. The van der Waals surface area contributed by atoms with Crippen molar-refractivity contribution in [1.29, 1.82) is 0 Å². The molecular weight excluding hydrogens is 256 g/mol. The standard InChI is InChI=1S/C20H18O/c1-4-14-7-9-16-17-10-8-15(13-21)12-19(17)20(5-2,6-3)18(16)11-14/h1,7-13H,5-6H2,2-3H3. The van der Waals surface area contributed by atoms with Gasteiger partial charge in [0, 0.05) is 16.5 Å². The van der Waals surface area contributed by atoms with Crippen LogP contribution in [-0.4, -0.2) is 6.29 Å². The topological polar surface area (TPSA) is 17.1 Å². The SMILES string of the molecule is C#Cc1ccc2c(c1)C(CC)(CC)c1cc(C=O)ccc1-2. The van der Waals surface area contributed by atoms with Crippen LogP contribution in [0.3, 0.4) is 0 Å². The predicted molar refractivity (Wildman–Crippen MR) is 86.6 cm³/mol. The van der Waals surface area contributed by atoms with E-state index in [0.717, 1.165) is 30.3 Å². The fraction of sp³-hybridized carbons (Fsp3) is 0.250. The summed E-state index contributed by atoms with van der Waals surface area (Å²) in [5, 5.41) is 0. The van der Waals surface area contributed by atoms with Gasteiger partial charge in [0.2, 0.25) is 0 Å². The van der Waals surface area contributed by atoms with Crippen molar-refractivity contribution in [1.82, 2.24) is 0 Å². The van der Waals surface area contributed by atoms with Crippen molar-refractivity contribution in [3.8, 4) is 23.5 Å². The molecule has 104 valence electrons. The number of hydrogen-bond donors (Lipinski definition) is 0. The van der Waals surface area contributed by atoms with E-state index in [0.29, 0.717) is 0 Å². The van der Waals surface area contributed by atoms with Crippen LogP contribution in [0.4, 0.5) is 0 Å². The lowest BCUT2D eigenvalue weighted by molar-refractivity contribution is 0.112. The van der Waals surface area contributed by atoms with E-state index in [1.807, 2.05) is 18.2 Å². The highest BCUT2D eigenvalue weighted by Crippen LogP contribution is 2.52. The van der Waals surface area contributed by atoms with E-state index >= 15 is 0 Å². The van der Waals surface area contributed by atoms with E-state index < -0.39 is 0 Å². The van der Waals surface area contributed by atoms with Gasteiger partial charge in [-0.1, -0.05) is 38.0 Å². The molecule has 2 aromatic carbocycles. The smallest absolute Gasteiger partial charge is 0.150 e. The van der Waals surface area contributed by atoms with Gasteiger partial charge in [0.05, 0.1) is 0 Å². The molecule has 3 rings (SSSR count). The Morgan fingerprint density at radius 3 is 2.24 bits per heavy atom. The van der Waals surface area contributed by atoms with Crippen LogP contribution >= 0.6 is 0 Å². The van der Waals surface area contributed by atoms with Gasteiger partial charge in [-0.15, -0.1) is 6.42 Å². The van der Waals surface area contributed by atoms with Crippen LogP contribution in [-0.2, 0) is 5.41 Å². The van der Waals surface area contributed by atoms with Crippen molar-refractivity contribution >= 4 is 6.29 Å². The average Bonchev–Trinajstić information content (AvgIpc) is 2.83. The molecule has 1 nitrogen and oxygen atoms in total. The van der Waals surface area contributed by atoms with Gasteiger partial charge >= 0.3 is 0 Å². The molecule has 0 saturated heterocycles. The summed E-state index contributed by atoms with van der Waals surface area (Å²) in [6, 6.07) is 12.3. The second-order valence-corrected chi connectivity index (χ2v) is 5.62. The second-order valence-electron chi connectivity index (χ2n) is 5.62. The summed E-state index contributed by atoms with van der Waals surface area (Å²) in [5.41, 5.74) is 6.69. The quantitative estimate of drug-likeness (QED) is 0.592. The zero-order chi connectivity index (χ0) is 15.0. The summed E-state index contributed by atoms with van der Waals surface area (Å²) in [4.78, 5) is 11.1. The lowest BCUT2D eigenvalue weighted by atomic mass is 9.73. The summed E-state index contributed by atoms with van der Waals surface area (Å²) < 4.78 is 0. The fourth-order valence-corrected chi connectivity index (χ4v) is 3.69. The monoisotopic (exact) mass is 274 g/mol. The van der Waals surface area contributed by atoms with Crippen LogP contribution in [0.2, 0.25) is 0 Å². The van der Waals surface area contributed by atoms with Crippen molar-refractivity contribution in [3.63, 3.8) is 0 Å². The predicted octanol–water partition coefficient (Wildman–Crippen LogP) is 4.57. The Labute approximate surface area is 126 Å². The van der Waals surface area contributed by atoms with Gasteiger partial charge in [-0.3, -0.25) is 4.79 Å². The number of carbonyl (C=O) groups excluding carboxylic acids is 1. The number of aldehydes is 1. The third-order valence-corrected chi connectivity index (χ3v) is 4.89. The molecule has 0 N–H and O–H groups in total.